The first kappa shape index (κ1) is 18.8. The number of amides is 1. The summed E-state index contributed by atoms with van der Waals surface area (Å²) in [5.74, 6) is 0. The predicted octanol–water partition coefficient (Wildman–Crippen LogP) is 4.45. The van der Waals surface area contributed by atoms with Crippen LogP contribution in [-0.4, -0.2) is 61.9 Å². The SMILES string of the molecule is C[C@@H](Cc1c2ccccc2cc2ccccc12)OC(=O)N1CC[N+](C)(C)CC1. The molecule has 0 spiro atoms. The molecule has 1 aliphatic heterocycles. The second-order valence-corrected chi connectivity index (χ2v) is 8.57. The number of benzene rings is 3. The van der Waals surface area contributed by atoms with Gasteiger partial charge in [-0.1, -0.05) is 48.5 Å². The zero-order chi connectivity index (χ0) is 19.7. The van der Waals surface area contributed by atoms with E-state index in [2.05, 4.69) is 68.7 Å². The second-order valence-electron chi connectivity index (χ2n) is 8.57. The van der Waals surface area contributed by atoms with Crippen LogP contribution >= 0.6 is 0 Å². The van der Waals surface area contributed by atoms with Gasteiger partial charge < -0.3 is 9.22 Å². The molecule has 1 fully saturated rings. The summed E-state index contributed by atoms with van der Waals surface area (Å²) in [6, 6.07) is 19.1. The van der Waals surface area contributed by atoms with Gasteiger partial charge in [0.15, 0.2) is 0 Å². The largest absolute Gasteiger partial charge is 0.446 e. The standard InChI is InChI=1S/C24H29N2O2/c1-18(28-24(27)25-12-14-26(2,3)15-13-25)16-23-21-10-6-4-8-19(21)17-20-9-5-7-11-22(20)23/h4-11,17-18H,12-16H2,1-3H3/q+1/t18-/m0/s1. The number of hydrogen-bond acceptors (Lipinski definition) is 2. The van der Waals surface area contributed by atoms with Gasteiger partial charge in [0.1, 0.15) is 6.10 Å². The molecule has 0 saturated carbocycles. The highest BCUT2D eigenvalue weighted by Crippen LogP contribution is 2.30. The normalized spacial score (nSPS) is 17.6. The van der Waals surface area contributed by atoms with Gasteiger partial charge in [-0.25, -0.2) is 4.79 Å². The van der Waals surface area contributed by atoms with Crippen molar-refractivity contribution in [3.63, 3.8) is 0 Å². The third-order valence-electron chi connectivity index (χ3n) is 5.89. The molecule has 4 nitrogen and oxygen atoms in total. The van der Waals surface area contributed by atoms with Crippen LogP contribution in [0.1, 0.15) is 12.5 Å². The van der Waals surface area contributed by atoms with Crippen molar-refractivity contribution < 1.29 is 14.0 Å². The number of ether oxygens (including phenoxy) is 1. The molecule has 1 atom stereocenters. The summed E-state index contributed by atoms with van der Waals surface area (Å²) in [6.45, 7) is 5.46. The van der Waals surface area contributed by atoms with Crippen molar-refractivity contribution in [3.8, 4) is 0 Å². The highest BCUT2D eigenvalue weighted by Gasteiger charge is 2.29. The number of carbonyl (C=O) groups excluding carboxylic acids is 1. The average Bonchev–Trinajstić information content (AvgIpc) is 2.67. The molecular formula is C24H29N2O2+. The summed E-state index contributed by atoms with van der Waals surface area (Å²) >= 11 is 0. The third-order valence-corrected chi connectivity index (χ3v) is 5.89. The molecule has 4 heteroatoms. The van der Waals surface area contributed by atoms with Crippen LogP contribution < -0.4 is 0 Å². The summed E-state index contributed by atoms with van der Waals surface area (Å²) in [7, 11) is 4.41. The molecule has 3 aromatic carbocycles. The van der Waals surface area contributed by atoms with E-state index >= 15 is 0 Å². The van der Waals surface area contributed by atoms with E-state index in [4.69, 9.17) is 4.74 Å². The van der Waals surface area contributed by atoms with Crippen molar-refractivity contribution in [2.75, 3.05) is 40.3 Å². The van der Waals surface area contributed by atoms with E-state index in [9.17, 15) is 4.79 Å². The summed E-state index contributed by atoms with van der Waals surface area (Å²) in [5, 5.41) is 4.93. The zero-order valence-corrected chi connectivity index (χ0v) is 17.0. The third kappa shape index (κ3) is 3.83. The molecule has 0 unspecified atom stereocenters. The number of likely N-dealkylation sites (N-methyl/N-ethyl adjacent to an activating group) is 1. The number of quaternary nitrogens is 1. The van der Waals surface area contributed by atoms with Crippen LogP contribution in [0.3, 0.4) is 0 Å². The Labute approximate surface area is 166 Å². The molecule has 0 aromatic heterocycles. The number of hydrogen-bond donors (Lipinski definition) is 0. The maximum atomic E-state index is 12.6. The zero-order valence-electron chi connectivity index (χ0n) is 17.0. The first-order valence-electron chi connectivity index (χ1n) is 10.1. The van der Waals surface area contributed by atoms with Crippen LogP contribution in [-0.2, 0) is 11.2 Å². The summed E-state index contributed by atoms with van der Waals surface area (Å²) in [6.07, 6.45) is 0.353. The first-order chi connectivity index (χ1) is 13.4. The maximum absolute atomic E-state index is 12.6. The summed E-state index contributed by atoms with van der Waals surface area (Å²) < 4.78 is 6.80. The Morgan fingerprint density at radius 1 is 1.00 bits per heavy atom. The molecule has 1 heterocycles. The highest BCUT2D eigenvalue weighted by atomic mass is 16.6. The molecule has 3 aromatic rings. The number of piperazine rings is 1. The van der Waals surface area contributed by atoms with Gasteiger partial charge in [0.25, 0.3) is 0 Å². The van der Waals surface area contributed by atoms with Crippen LogP contribution in [0.2, 0.25) is 0 Å². The van der Waals surface area contributed by atoms with Gasteiger partial charge >= 0.3 is 6.09 Å². The van der Waals surface area contributed by atoms with Gasteiger partial charge in [0, 0.05) is 6.42 Å². The Balaban J connectivity index is 1.55. The molecule has 0 bridgehead atoms. The summed E-state index contributed by atoms with van der Waals surface area (Å²) in [4.78, 5) is 14.5. The van der Waals surface area contributed by atoms with Crippen LogP contribution in [0.25, 0.3) is 21.5 Å². The van der Waals surface area contributed by atoms with Crippen molar-refractivity contribution >= 4 is 27.6 Å². The lowest BCUT2D eigenvalue weighted by Gasteiger charge is -2.38. The number of nitrogens with zero attached hydrogens (tertiary/aromatic N) is 2. The fraction of sp³-hybridized carbons (Fsp3) is 0.375. The Morgan fingerprint density at radius 3 is 2.11 bits per heavy atom. The quantitative estimate of drug-likeness (QED) is 0.498. The minimum atomic E-state index is -0.184. The number of fused-ring (bicyclic) bond motifs is 2. The molecule has 28 heavy (non-hydrogen) atoms. The minimum Gasteiger partial charge on any atom is -0.446 e. The molecular weight excluding hydrogens is 348 g/mol. The van der Waals surface area contributed by atoms with E-state index < -0.39 is 0 Å². The average molecular weight is 378 g/mol. The highest BCUT2D eigenvalue weighted by molar-refractivity contribution is 6.02. The van der Waals surface area contributed by atoms with Crippen molar-refractivity contribution in [2.45, 2.75) is 19.4 Å². The van der Waals surface area contributed by atoms with E-state index in [0.717, 1.165) is 30.7 Å². The number of rotatable bonds is 3. The topological polar surface area (TPSA) is 29.5 Å². The molecule has 0 aliphatic carbocycles. The van der Waals surface area contributed by atoms with Crippen LogP contribution in [0.5, 0.6) is 0 Å². The Kier molecular flexibility index (Phi) is 4.98. The van der Waals surface area contributed by atoms with Crippen LogP contribution in [0.4, 0.5) is 4.79 Å². The Bertz CT molecular complexity index is 948. The lowest BCUT2D eigenvalue weighted by molar-refractivity contribution is -0.894. The molecule has 1 aliphatic rings. The van der Waals surface area contributed by atoms with Crippen molar-refractivity contribution in [2.24, 2.45) is 0 Å². The summed E-state index contributed by atoms with van der Waals surface area (Å²) in [5.41, 5.74) is 1.26. The Hall–Kier alpha value is -2.59. The fourth-order valence-electron chi connectivity index (χ4n) is 4.09. The van der Waals surface area contributed by atoms with Crippen molar-refractivity contribution in [1.82, 2.24) is 4.90 Å². The second kappa shape index (κ2) is 7.44. The molecule has 4 rings (SSSR count). The monoisotopic (exact) mass is 377 g/mol. The fourth-order valence-corrected chi connectivity index (χ4v) is 4.09. The van der Waals surface area contributed by atoms with Crippen molar-refractivity contribution in [3.05, 3.63) is 60.2 Å². The van der Waals surface area contributed by atoms with Gasteiger partial charge in [-0.05, 0) is 40.1 Å². The van der Waals surface area contributed by atoms with Crippen LogP contribution in [0.15, 0.2) is 54.6 Å². The maximum Gasteiger partial charge on any atom is 0.410 e. The van der Waals surface area contributed by atoms with Crippen molar-refractivity contribution in [1.29, 1.82) is 0 Å². The van der Waals surface area contributed by atoms with Gasteiger partial charge in [0.05, 0.1) is 40.3 Å². The molecule has 146 valence electrons. The number of carbonyl (C=O) groups is 1. The lowest BCUT2D eigenvalue weighted by Crippen LogP contribution is -2.56. The Morgan fingerprint density at radius 2 is 1.54 bits per heavy atom. The molecule has 0 N–H and O–H groups in total. The van der Waals surface area contributed by atoms with E-state index in [1.807, 2.05) is 11.8 Å². The lowest BCUT2D eigenvalue weighted by atomic mass is 9.93. The van der Waals surface area contributed by atoms with E-state index in [1.165, 1.54) is 27.1 Å². The van der Waals surface area contributed by atoms with E-state index in [1.54, 1.807) is 0 Å². The first-order valence-corrected chi connectivity index (χ1v) is 10.1. The molecule has 1 saturated heterocycles. The minimum absolute atomic E-state index is 0.175. The molecule has 1 amide bonds. The van der Waals surface area contributed by atoms with Gasteiger partial charge in [-0.3, -0.25) is 4.90 Å². The van der Waals surface area contributed by atoms with Crippen LogP contribution in [0, 0.1) is 0 Å². The van der Waals surface area contributed by atoms with Gasteiger partial charge in [0.2, 0.25) is 0 Å². The van der Waals surface area contributed by atoms with E-state index in [-0.39, 0.29) is 12.2 Å². The van der Waals surface area contributed by atoms with E-state index in [0.29, 0.717) is 6.42 Å². The smallest absolute Gasteiger partial charge is 0.410 e. The molecule has 0 radical (unpaired) electrons. The van der Waals surface area contributed by atoms with Gasteiger partial charge in [-0.15, -0.1) is 0 Å². The predicted molar refractivity (Wildman–Crippen MR) is 115 cm³/mol. The van der Waals surface area contributed by atoms with Gasteiger partial charge in [-0.2, -0.15) is 0 Å².